The van der Waals surface area contributed by atoms with E-state index in [-0.39, 0.29) is 25.7 Å². The second-order valence-electron chi connectivity index (χ2n) is 27.2. The number of allylic oxidation sites excluding steroid dienone is 34. The van der Waals surface area contributed by atoms with Gasteiger partial charge in [-0.3, -0.25) is 37.3 Å². The molecule has 0 rings (SSSR count). The van der Waals surface area contributed by atoms with Gasteiger partial charge in [-0.25, -0.2) is 9.13 Å². The number of carbonyl (C=O) groups is 4. The molecule has 0 fully saturated rings. The number of unbranched alkanes of at least 4 members (excludes halogenated alkanes) is 17. The van der Waals surface area contributed by atoms with Crippen molar-refractivity contribution in [1.29, 1.82) is 0 Å². The van der Waals surface area contributed by atoms with Crippen LogP contribution in [0.4, 0.5) is 0 Å². The monoisotopic (exact) mass is 1600 g/mol. The number of hydrogen-bond acceptors (Lipinski definition) is 15. The van der Waals surface area contributed by atoms with Gasteiger partial charge in [0.15, 0.2) is 12.2 Å². The minimum atomic E-state index is -5.01. The fourth-order valence-corrected chi connectivity index (χ4v) is 12.0. The zero-order valence-electron chi connectivity index (χ0n) is 69.3. The molecule has 0 aliphatic heterocycles. The molecule has 0 saturated carbocycles. The predicted octanol–water partition coefficient (Wildman–Crippen LogP) is 25.4. The maximum absolute atomic E-state index is 13.2. The van der Waals surface area contributed by atoms with Gasteiger partial charge in [0, 0.05) is 25.7 Å². The fourth-order valence-electron chi connectivity index (χ4n) is 10.5. The van der Waals surface area contributed by atoms with Crippen LogP contribution in [0.5, 0.6) is 0 Å². The number of aliphatic hydroxyl groups is 1. The van der Waals surface area contributed by atoms with E-state index < -0.39 is 97.5 Å². The van der Waals surface area contributed by atoms with Gasteiger partial charge in [0.25, 0.3) is 0 Å². The van der Waals surface area contributed by atoms with Crippen molar-refractivity contribution in [3.8, 4) is 0 Å². The fraction of sp³-hybridized carbons (Fsp3) is 0.591. The lowest BCUT2D eigenvalue weighted by Crippen LogP contribution is -2.30. The van der Waals surface area contributed by atoms with Crippen molar-refractivity contribution in [3.05, 3.63) is 207 Å². The molecule has 112 heavy (non-hydrogen) atoms. The zero-order chi connectivity index (χ0) is 81.7. The summed E-state index contributed by atoms with van der Waals surface area (Å²) in [6, 6.07) is 0. The molecule has 17 nitrogen and oxygen atoms in total. The van der Waals surface area contributed by atoms with Gasteiger partial charge in [0.2, 0.25) is 0 Å². The molecule has 0 aliphatic rings. The van der Waals surface area contributed by atoms with Crippen LogP contribution in [0.3, 0.4) is 0 Å². The Hall–Kier alpha value is -6.36. The van der Waals surface area contributed by atoms with Crippen molar-refractivity contribution in [3.63, 3.8) is 0 Å². The molecule has 0 saturated heterocycles. The summed E-state index contributed by atoms with van der Waals surface area (Å²) >= 11 is 0. The Bertz CT molecular complexity index is 2940. The van der Waals surface area contributed by atoms with E-state index in [2.05, 4.69) is 234 Å². The van der Waals surface area contributed by atoms with E-state index in [1.807, 2.05) is 0 Å². The summed E-state index contributed by atoms with van der Waals surface area (Å²) in [6.45, 7) is 4.30. The van der Waals surface area contributed by atoms with Crippen LogP contribution >= 0.6 is 15.6 Å². The van der Waals surface area contributed by atoms with Crippen molar-refractivity contribution in [2.75, 3.05) is 39.6 Å². The lowest BCUT2D eigenvalue weighted by Gasteiger charge is -2.21. The summed E-state index contributed by atoms with van der Waals surface area (Å²) in [5, 5.41) is 10.7. The average molecular weight is 1600 g/mol. The van der Waals surface area contributed by atoms with Gasteiger partial charge in [-0.05, 0) is 186 Å². The standard InChI is InChI=1S/C93H148O17P2/c1-5-9-13-17-21-25-29-33-37-41-43-47-50-54-58-62-66-70-74-78-91(96)104-84-89(110-93(98)80-76-72-68-64-60-56-52-48-44-42-38-34-30-26-22-18-14-10-6-2)86-108-112(101,102)106-82-87(94)81-105-111(99,100)107-85-88(109-92(97)79-75-71-67-63-59-55-51-46-40-36-32-28-24-20-16-12-8-4)83-103-90(95)77-73-69-65-61-57-53-49-45-39-35-31-27-23-19-15-11-7-3/h9-16,21-28,33-40,43-44,47-49,51,53-55,58,87-89,94H,5-8,17-20,29-32,41-42,45-46,50,52,56-57,59-86H2,1-4H3,(H,99,100)(H,101,102)/b13-9-,14-10-,15-11-,16-12-,25-21-,26-22-,27-23-,28-24-,37-33-,38-34-,39-35-,40-36-,47-43-,48-44-,53-49-,55-51-,58-54-. The van der Waals surface area contributed by atoms with Crippen molar-refractivity contribution in [1.82, 2.24) is 0 Å². The molecule has 3 N–H and O–H groups in total. The SMILES string of the molecule is CC/C=C\C/C=C\C/C=C\C/C=C\C/C=C\CCCCCC(=O)OCC(COP(=O)(O)OCC(O)COP(=O)(O)OCC(COC(=O)CCCCCC/C=C\C/C=C\C/C=C\C/C=C\CC)OC(=O)CCCCCC/C=C\C/C=C\C/C=C\C/C=C\CC)OC(=O)CCCCCCCC/C=C\C/C=C\C/C=C\C/C=C\CC. The number of rotatable bonds is 77. The highest BCUT2D eigenvalue weighted by atomic mass is 31.2. The van der Waals surface area contributed by atoms with Crippen molar-refractivity contribution >= 4 is 39.5 Å². The van der Waals surface area contributed by atoms with Crippen molar-refractivity contribution < 1.29 is 80.2 Å². The normalized spacial score (nSPS) is 14.8. The predicted molar refractivity (Wildman–Crippen MR) is 463 cm³/mol. The Kier molecular flexibility index (Phi) is 77.9. The van der Waals surface area contributed by atoms with Gasteiger partial charge < -0.3 is 33.8 Å². The molecule has 0 radical (unpaired) electrons. The first kappa shape index (κ1) is 106. The van der Waals surface area contributed by atoms with Crippen LogP contribution in [0, 0.1) is 0 Å². The van der Waals surface area contributed by atoms with E-state index in [4.69, 9.17) is 37.0 Å². The van der Waals surface area contributed by atoms with Crippen molar-refractivity contribution in [2.24, 2.45) is 0 Å². The third-order valence-corrected chi connectivity index (χ3v) is 18.6. The largest absolute Gasteiger partial charge is 0.472 e. The van der Waals surface area contributed by atoms with E-state index >= 15 is 0 Å². The number of hydrogen-bond donors (Lipinski definition) is 3. The maximum atomic E-state index is 13.2. The highest BCUT2D eigenvalue weighted by Gasteiger charge is 2.30. The Balaban J connectivity index is 5.51. The molecule has 0 aromatic heterocycles. The van der Waals surface area contributed by atoms with Crippen LogP contribution in [0.2, 0.25) is 0 Å². The summed E-state index contributed by atoms with van der Waals surface area (Å²) < 4.78 is 68.8. The third-order valence-electron chi connectivity index (χ3n) is 16.7. The second kappa shape index (κ2) is 82.6. The number of phosphoric ester groups is 2. The first-order valence-electron chi connectivity index (χ1n) is 42.3. The number of phosphoric acid groups is 2. The average Bonchev–Trinajstić information content (AvgIpc) is 0.898. The molecule has 19 heteroatoms. The molecule has 0 spiro atoms. The van der Waals surface area contributed by atoms with Crippen LogP contribution in [-0.2, 0) is 65.4 Å². The Labute approximate surface area is 678 Å². The van der Waals surface area contributed by atoms with Crippen LogP contribution in [0.15, 0.2) is 207 Å². The van der Waals surface area contributed by atoms with Crippen LogP contribution < -0.4 is 0 Å². The number of esters is 4. The van der Waals surface area contributed by atoms with E-state index in [9.17, 15) is 43.2 Å². The molecule has 0 aromatic carbocycles. The van der Waals surface area contributed by atoms with Gasteiger partial charge >= 0.3 is 39.5 Å². The zero-order valence-corrected chi connectivity index (χ0v) is 71.0. The summed E-state index contributed by atoms with van der Waals surface area (Å²) in [7, 11) is -10.0. The highest BCUT2D eigenvalue weighted by Crippen LogP contribution is 2.45. The molecule has 0 bridgehead atoms. The summed E-state index contributed by atoms with van der Waals surface area (Å²) in [6.07, 6.45) is 104. The molecular formula is C93H148O17P2. The lowest BCUT2D eigenvalue weighted by atomic mass is 10.1. The smallest absolute Gasteiger partial charge is 0.462 e. The first-order valence-corrected chi connectivity index (χ1v) is 45.3. The van der Waals surface area contributed by atoms with Gasteiger partial charge in [-0.1, -0.05) is 292 Å². The minimum absolute atomic E-state index is 0.0520. The minimum Gasteiger partial charge on any atom is -0.462 e. The molecule has 5 atom stereocenters. The molecule has 0 aliphatic carbocycles. The van der Waals surface area contributed by atoms with Gasteiger partial charge in [0.05, 0.1) is 26.4 Å². The number of aliphatic hydroxyl groups excluding tert-OH is 1. The summed E-state index contributed by atoms with van der Waals surface area (Å²) in [4.78, 5) is 73.3. The van der Waals surface area contributed by atoms with E-state index in [1.165, 1.54) is 0 Å². The first-order chi connectivity index (χ1) is 54.7. The Morgan fingerprint density at radius 2 is 0.438 bits per heavy atom. The Morgan fingerprint density at radius 3 is 0.679 bits per heavy atom. The molecule has 632 valence electrons. The van der Waals surface area contributed by atoms with Gasteiger partial charge in [0.1, 0.15) is 19.3 Å². The third kappa shape index (κ3) is 81.6. The lowest BCUT2D eigenvalue weighted by molar-refractivity contribution is -0.161. The van der Waals surface area contributed by atoms with Gasteiger partial charge in [-0.15, -0.1) is 0 Å². The van der Waals surface area contributed by atoms with Gasteiger partial charge in [-0.2, -0.15) is 0 Å². The highest BCUT2D eigenvalue weighted by molar-refractivity contribution is 7.47. The quantitative estimate of drug-likeness (QED) is 0.0169. The van der Waals surface area contributed by atoms with Crippen molar-refractivity contribution in [2.45, 2.75) is 316 Å². The molecule has 0 aromatic rings. The topological polar surface area (TPSA) is 237 Å². The van der Waals surface area contributed by atoms with E-state index in [0.717, 1.165) is 218 Å². The van der Waals surface area contributed by atoms with E-state index in [1.54, 1.807) is 0 Å². The second-order valence-corrected chi connectivity index (χ2v) is 30.1. The molecule has 5 unspecified atom stereocenters. The molecule has 0 heterocycles. The number of ether oxygens (including phenoxy) is 4. The van der Waals surface area contributed by atoms with Crippen LogP contribution in [-0.4, -0.2) is 96.7 Å². The molecular weight excluding hydrogens is 1450 g/mol. The van der Waals surface area contributed by atoms with E-state index in [0.29, 0.717) is 25.7 Å². The number of carbonyl (C=O) groups excluding carboxylic acids is 4. The summed E-state index contributed by atoms with van der Waals surface area (Å²) in [5.41, 5.74) is 0. The maximum Gasteiger partial charge on any atom is 0.472 e. The summed E-state index contributed by atoms with van der Waals surface area (Å²) in [5.74, 6) is -2.30. The van der Waals surface area contributed by atoms with Crippen LogP contribution in [0.25, 0.3) is 0 Å². The Morgan fingerprint density at radius 1 is 0.250 bits per heavy atom. The van der Waals surface area contributed by atoms with Crippen LogP contribution in [0.1, 0.15) is 297 Å². The molecule has 0 amide bonds.